The molecule has 0 bridgehead atoms. The number of aromatic nitrogens is 1. The number of nitrogens with one attached hydrogen (secondary N) is 2. The topological polar surface area (TPSA) is 91.5 Å². The molecule has 1 saturated carbocycles. The number of aromatic amines is 1. The summed E-state index contributed by atoms with van der Waals surface area (Å²) in [7, 11) is 0. The molecule has 1 atom stereocenters. The van der Waals surface area contributed by atoms with Gasteiger partial charge in [0.15, 0.2) is 0 Å². The average molecular weight is 606 g/mol. The molecular weight excluding hydrogens is 550 g/mol. The van der Waals surface area contributed by atoms with Crippen LogP contribution in [0.4, 0.5) is 0 Å². The van der Waals surface area contributed by atoms with Crippen LogP contribution >= 0.6 is 0 Å². The summed E-state index contributed by atoms with van der Waals surface area (Å²) in [5.74, 6) is 0.224. The summed E-state index contributed by atoms with van der Waals surface area (Å²) in [6, 6.07) is 9.56. The second-order valence-corrected chi connectivity index (χ2v) is 9.99. The minimum absolute atomic E-state index is 0.0249. The van der Waals surface area contributed by atoms with Crippen molar-refractivity contribution in [2.45, 2.75) is 103 Å². The normalized spacial score (nSPS) is 14.0. The third kappa shape index (κ3) is 19.1. The number of pyridine rings is 1. The van der Waals surface area contributed by atoms with E-state index in [9.17, 15) is 14.4 Å². The third-order valence-corrected chi connectivity index (χ3v) is 6.32. The first kappa shape index (κ1) is 41.9. The number of terminal acetylenes is 2. The van der Waals surface area contributed by atoms with Crippen LogP contribution in [0.25, 0.3) is 10.8 Å². The number of unbranched alkanes of at least 4 members (excludes halogenated alkanes) is 4. The molecule has 2 heterocycles. The SMILES string of the molecule is C#C.C#C.C=CCCCCCCC(=O)N1CCC[C@H]1C(=O)NC1CC1.C=COCC.CCC.O=c1[nH]ccc2ccccc12. The van der Waals surface area contributed by atoms with Gasteiger partial charge in [0.2, 0.25) is 11.8 Å². The Morgan fingerprint density at radius 1 is 1.00 bits per heavy atom. The number of fused-ring (bicyclic) bond motifs is 1. The van der Waals surface area contributed by atoms with E-state index in [0.29, 0.717) is 12.5 Å². The number of carbonyl (C=O) groups is 2. The fraction of sp³-hybridized carbons (Fsp3) is 0.486. The summed E-state index contributed by atoms with van der Waals surface area (Å²) >= 11 is 0. The van der Waals surface area contributed by atoms with Crippen molar-refractivity contribution < 1.29 is 14.3 Å². The van der Waals surface area contributed by atoms with Crippen LogP contribution in [0.5, 0.6) is 0 Å². The second kappa shape index (κ2) is 28.9. The molecule has 2 fully saturated rings. The van der Waals surface area contributed by atoms with Gasteiger partial charge in [-0.2, -0.15) is 0 Å². The highest BCUT2D eigenvalue weighted by molar-refractivity contribution is 5.88. The maximum atomic E-state index is 12.3. The molecule has 2 N–H and O–H groups in total. The number of H-pyrrole nitrogens is 1. The van der Waals surface area contributed by atoms with Crippen molar-refractivity contribution >= 4 is 22.6 Å². The Hall–Kier alpha value is -4.23. The zero-order valence-corrected chi connectivity index (χ0v) is 27.3. The van der Waals surface area contributed by atoms with Crippen molar-refractivity contribution in [1.29, 1.82) is 0 Å². The zero-order valence-electron chi connectivity index (χ0n) is 27.3. The van der Waals surface area contributed by atoms with E-state index in [4.69, 9.17) is 0 Å². The van der Waals surface area contributed by atoms with Gasteiger partial charge in [-0.1, -0.05) is 64.0 Å². The molecule has 2 aliphatic rings. The molecule has 2 aromatic rings. The predicted octanol–water partition coefficient (Wildman–Crippen LogP) is 7.39. The van der Waals surface area contributed by atoms with Crippen molar-refractivity contribution in [2.75, 3.05) is 13.2 Å². The molecule has 1 aromatic carbocycles. The van der Waals surface area contributed by atoms with Crippen LogP contribution in [0.2, 0.25) is 0 Å². The van der Waals surface area contributed by atoms with E-state index in [2.05, 4.69) is 67.7 Å². The first-order chi connectivity index (χ1) is 21.4. The van der Waals surface area contributed by atoms with Gasteiger partial charge in [0.1, 0.15) is 6.04 Å². The van der Waals surface area contributed by atoms with Gasteiger partial charge in [-0.25, -0.2) is 0 Å². The number of benzene rings is 1. The molecule has 7 nitrogen and oxygen atoms in total. The van der Waals surface area contributed by atoms with Crippen LogP contribution in [0, 0.1) is 25.7 Å². The van der Waals surface area contributed by atoms with E-state index >= 15 is 0 Å². The molecule has 4 rings (SSSR count). The van der Waals surface area contributed by atoms with E-state index in [0.717, 1.165) is 81.7 Å². The number of nitrogens with zero attached hydrogens (tertiary/aromatic N) is 1. The monoisotopic (exact) mass is 605 g/mol. The number of likely N-dealkylation sites (tertiary alicyclic amines) is 1. The first-order valence-electron chi connectivity index (χ1n) is 15.6. The Morgan fingerprint density at radius 3 is 2.18 bits per heavy atom. The lowest BCUT2D eigenvalue weighted by Crippen LogP contribution is -2.46. The van der Waals surface area contributed by atoms with Crippen LogP contribution < -0.4 is 10.9 Å². The second-order valence-electron chi connectivity index (χ2n) is 9.99. The molecule has 242 valence electrons. The van der Waals surface area contributed by atoms with Gasteiger partial charge < -0.3 is 19.9 Å². The summed E-state index contributed by atoms with van der Waals surface area (Å²) in [4.78, 5) is 40.0. The number of rotatable bonds is 11. The van der Waals surface area contributed by atoms with Crippen molar-refractivity contribution in [2.24, 2.45) is 0 Å². The summed E-state index contributed by atoms with van der Waals surface area (Å²) in [6.45, 7) is 14.7. The van der Waals surface area contributed by atoms with Crippen LogP contribution in [0.1, 0.15) is 91.4 Å². The molecule has 44 heavy (non-hydrogen) atoms. The Balaban J connectivity index is 0. The van der Waals surface area contributed by atoms with Crippen LogP contribution in [0.15, 0.2) is 66.8 Å². The molecule has 1 aromatic heterocycles. The summed E-state index contributed by atoms with van der Waals surface area (Å²) < 4.78 is 4.60. The fourth-order valence-electron chi connectivity index (χ4n) is 4.18. The zero-order chi connectivity index (χ0) is 33.6. The highest BCUT2D eigenvalue weighted by Crippen LogP contribution is 2.23. The predicted molar refractivity (Wildman–Crippen MR) is 186 cm³/mol. The molecule has 7 heteroatoms. The number of hydrogen-bond acceptors (Lipinski definition) is 4. The number of carbonyl (C=O) groups excluding carboxylic acids is 2. The number of hydrogen-bond donors (Lipinski definition) is 2. The lowest BCUT2D eigenvalue weighted by Gasteiger charge is -2.24. The van der Waals surface area contributed by atoms with Gasteiger partial charge in [-0.3, -0.25) is 14.4 Å². The molecular formula is C37H55N3O4. The van der Waals surface area contributed by atoms with E-state index in [1.54, 1.807) is 11.1 Å². The van der Waals surface area contributed by atoms with Gasteiger partial charge in [0, 0.05) is 30.6 Å². The van der Waals surface area contributed by atoms with E-state index in [-0.39, 0.29) is 23.4 Å². The van der Waals surface area contributed by atoms with Gasteiger partial charge >= 0.3 is 0 Å². The smallest absolute Gasteiger partial charge is 0.255 e. The fourth-order valence-corrected chi connectivity index (χ4v) is 4.18. The van der Waals surface area contributed by atoms with Crippen molar-refractivity contribution in [3.8, 4) is 25.7 Å². The van der Waals surface area contributed by atoms with Gasteiger partial charge in [-0.15, -0.1) is 32.3 Å². The number of allylic oxidation sites excluding steroid dienone is 1. The lowest BCUT2D eigenvalue weighted by molar-refractivity contribution is -0.138. The minimum Gasteiger partial charge on any atom is -0.502 e. The van der Waals surface area contributed by atoms with Gasteiger partial charge in [0.05, 0.1) is 12.9 Å². The van der Waals surface area contributed by atoms with Crippen LogP contribution in [-0.2, 0) is 14.3 Å². The van der Waals surface area contributed by atoms with E-state index in [1.165, 1.54) is 12.7 Å². The average Bonchev–Trinajstić information content (AvgIpc) is 3.72. The number of ether oxygens (including phenoxy) is 1. The minimum atomic E-state index is -0.209. The standard InChI is InChI=1S/C17H28N2O2.C9H7NO.C4H8O.C3H8.2C2H2/c1-2-3-4-5-6-7-10-16(20)19-13-8-9-15(19)17(21)18-14-11-12-14;11-9-8-4-2-1-3-7(8)5-6-10-9;1-3-5-4-2;1-3-2;2*1-2/h2,14-15H,1,3-13H2,(H,18,21);1-6H,(H,10,11);3H,1,4H2,2H3;3H2,1-2H3;2*1-2H/t15-;;;;;/m0...../s1. The van der Waals surface area contributed by atoms with Crippen molar-refractivity contribution in [3.05, 3.63) is 72.4 Å². The van der Waals surface area contributed by atoms with Crippen LogP contribution in [-0.4, -0.2) is 46.9 Å². The van der Waals surface area contributed by atoms with Crippen molar-refractivity contribution in [1.82, 2.24) is 15.2 Å². The summed E-state index contributed by atoms with van der Waals surface area (Å²) in [5.41, 5.74) is -0.0249. The quantitative estimate of drug-likeness (QED) is 0.121. The Morgan fingerprint density at radius 2 is 1.64 bits per heavy atom. The summed E-state index contributed by atoms with van der Waals surface area (Å²) in [6.07, 6.45) is 32.2. The molecule has 1 saturated heterocycles. The summed E-state index contributed by atoms with van der Waals surface area (Å²) in [5, 5.41) is 4.76. The maximum absolute atomic E-state index is 12.3. The Kier molecular flexibility index (Phi) is 27.5. The molecule has 2 amide bonds. The molecule has 0 radical (unpaired) electrons. The van der Waals surface area contributed by atoms with Gasteiger partial charge in [0.25, 0.3) is 5.56 Å². The maximum Gasteiger partial charge on any atom is 0.255 e. The third-order valence-electron chi connectivity index (χ3n) is 6.32. The molecule has 0 unspecified atom stereocenters. The molecule has 0 spiro atoms. The highest BCUT2D eigenvalue weighted by atomic mass is 16.5. The van der Waals surface area contributed by atoms with E-state index < -0.39 is 0 Å². The Bertz CT molecular complexity index is 1140. The lowest BCUT2D eigenvalue weighted by atomic mass is 10.1. The highest BCUT2D eigenvalue weighted by Gasteiger charge is 2.35. The number of amides is 2. The largest absolute Gasteiger partial charge is 0.502 e. The molecule has 1 aliphatic heterocycles. The Labute approximate surface area is 266 Å². The van der Waals surface area contributed by atoms with Gasteiger partial charge in [-0.05, 0) is 69.4 Å². The first-order valence-corrected chi connectivity index (χ1v) is 15.6. The molecule has 1 aliphatic carbocycles. The van der Waals surface area contributed by atoms with E-state index in [1.807, 2.05) is 43.3 Å². The van der Waals surface area contributed by atoms with Crippen molar-refractivity contribution in [3.63, 3.8) is 0 Å². The van der Waals surface area contributed by atoms with Crippen LogP contribution in [0.3, 0.4) is 0 Å².